The zero-order chi connectivity index (χ0) is 15.7. The van der Waals surface area contributed by atoms with Gasteiger partial charge in [0, 0.05) is 22.0 Å². The predicted octanol–water partition coefficient (Wildman–Crippen LogP) is 3.15. The highest BCUT2D eigenvalue weighted by Gasteiger charge is 2.35. The summed E-state index contributed by atoms with van der Waals surface area (Å²) in [4.78, 5) is 29.1. The van der Waals surface area contributed by atoms with Crippen LogP contribution in [0.15, 0.2) is 29.6 Å². The van der Waals surface area contributed by atoms with Crippen LogP contribution in [0.5, 0.6) is 0 Å². The molecule has 0 bridgehead atoms. The number of amides is 1. The zero-order valence-corrected chi connectivity index (χ0v) is 13.1. The van der Waals surface area contributed by atoms with Crippen LogP contribution < -0.4 is 0 Å². The number of carboxylic acids is 1. The van der Waals surface area contributed by atoms with Crippen molar-refractivity contribution in [1.29, 1.82) is 0 Å². The molecule has 1 fully saturated rings. The number of carbonyl (C=O) groups excluding carboxylic acids is 1. The van der Waals surface area contributed by atoms with Crippen molar-refractivity contribution in [2.75, 3.05) is 6.54 Å². The second-order valence-electron chi connectivity index (χ2n) is 5.11. The Hall–Kier alpha value is -1.92. The van der Waals surface area contributed by atoms with Crippen molar-refractivity contribution < 1.29 is 14.7 Å². The van der Waals surface area contributed by atoms with E-state index < -0.39 is 5.97 Å². The van der Waals surface area contributed by atoms with Gasteiger partial charge in [-0.05, 0) is 25.0 Å². The quantitative estimate of drug-likeness (QED) is 0.910. The van der Waals surface area contributed by atoms with Crippen LogP contribution in [0.4, 0.5) is 0 Å². The molecule has 1 saturated carbocycles. The Balaban J connectivity index is 1.83. The highest BCUT2D eigenvalue weighted by molar-refractivity contribution is 7.13. The largest absolute Gasteiger partial charge is 0.480 e. The summed E-state index contributed by atoms with van der Waals surface area (Å²) < 4.78 is 0. The van der Waals surface area contributed by atoms with Gasteiger partial charge in [-0.25, -0.2) is 4.98 Å². The molecule has 0 atom stereocenters. The summed E-state index contributed by atoms with van der Waals surface area (Å²) >= 11 is 7.30. The number of rotatable bonds is 5. The van der Waals surface area contributed by atoms with Gasteiger partial charge in [0.1, 0.15) is 17.2 Å². The monoisotopic (exact) mass is 336 g/mol. The first kappa shape index (κ1) is 15.0. The standard InChI is InChI=1S/C15H13ClN2O3S/c16-10-3-1-2-9(6-10)14-17-12(8-22-14)15(21)18(7-13(19)20)11-4-5-11/h1-3,6,8,11H,4-5,7H2,(H,19,20). The van der Waals surface area contributed by atoms with E-state index in [-0.39, 0.29) is 24.2 Å². The van der Waals surface area contributed by atoms with Crippen molar-refractivity contribution in [1.82, 2.24) is 9.88 Å². The third kappa shape index (κ3) is 3.28. The molecule has 1 aromatic heterocycles. The minimum atomic E-state index is -1.01. The summed E-state index contributed by atoms with van der Waals surface area (Å²) in [6, 6.07) is 7.27. The number of hydrogen-bond donors (Lipinski definition) is 1. The average molecular weight is 337 g/mol. The topological polar surface area (TPSA) is 70.5 Å². The average Bonchev–Trinajstić information content (AvgIpc) is 3.20. The highest BCUT2D eigenvalue weighted by atomic mass is 35.5. The first-order chi connectivity index (χ1) is 10.5. The van der Waals surface area contributed by atoms with Crippen molar-refractivity contribution in [2.24, 2.45) is 0 Å². The van der Waals surface area contributed by atoms with Crippen molar-refractivity contribution in [3.8, 4) is 10.6 Å². The molecule has 0 aliphatic heterocycles. The van der Waals surface area contributed by atoms with Crippen molar-refractivity contribution in [2.45, 2.75) is 18.9 Å². The van der Waals surface area contributed by atoms with E-state index >= 15 is 0 Å². The van der Waals surface area contributed by atoms with Gasteiger partial charge in [-0.15, -0.1) is 11.3 Å². The summed E-state index contributed by atoms with van der Waals surface area (Å²) in [5.74, 6) is -1.33. The van der Waals surface area contributed by atoms with E-state index in [0.29, 0.717) is 10.0 Å². The number of benzene rings is 1. The highest BCUT2D eigenvalue weighted by Crippen LogP contribution is 2.30. The van der Waals surface area contributed by atoms with E-state index in [9.17, 15) is 9.59 Å². The number of thiazole rings is 1. The molecule has 1 heterocycles. The molecule has 1 aliphatic carbocycles. The normalized spacial score (nSPS) is 13.9. The number of carboxylic acid groups (broad SMARTS) is 1. The van der Waals surface area contributed by atoms with Crippen LogP contribution >= 0.6 is 22.9 Å². The fourth-order valence-corrected chi connectivity index (χ4v) is 3.15. The first-order valence-corrected chi connectivity index (χ1v) is 8.04. The van der Waals surface area contributed by atoms with Gasteiger partial charge in [-0.2, -0.15) is 0 Å². The molecule has 0 radical (unpaired) electrons. The number of halogens is 1. The van der Waals surface area contributed by atoms with Crippen LogP contribution in [0.3, 0.4) is 0 Å². The molecule has 0 spiro atoms. The van der Waals surface area contributed by atoms with Crippen LogP contribution in [0.25, 0.3) is 10.6 Å². The molecule has 1 N–H and O–H groups in total. The van der Waals surface area contributed by atoms with Crippen LogP contribution in [0.2, 0.25) is 5.02 Å². The molecule has 1 amide bonds. The van der Waals surface area contributed by atoms with E-state index in [1.54, 1.807) is 17.5 Å². The minimum absolute atomic E-state index is 0.0277. The number of hydrogen-bond acceptors (Lipinski definition) is 4. The van der Waals surface area contributed by atoms with Gasteiger partial charge in [0.2, 0.25) is 0 Å². The molecule has 22 heavy (non-hydrogen) atoms. The van der Waals surface area contributed by atoms with Gasteiger partial charge >= 0.3 is 5.97 Å². The molecular weight excluding hydrogens is 324 g/mol. The lowest BCUT2D eigenvalue weighted by atomic mass is 10.2. The number of nitrogens with zero attached hydrogens (tertiary/aromatic N) is 2. The summed E-state index contributed by atoms with van der Waals surface area (Å²) in [6.45, 7) is -0.284. The Kier molecular flexibility index (Phi) is 4.13. The molecule has 0 unspecified atom stereocenters. The summed E-state index contributed by atoms with van der Waals surface area (Å²) in [6.07, 6.45) is 1.70. The maximum Gasteiger partial charge on any atom is 0.323 e. The Labute approximate surface area is 136 Å². The molecule has 1 aliphatic rings. The number of aromatic nitrogens is 1. The molecule has 0 saturated heterocycles. The first-order valence-electron chi connectivity index (χ1n) is 6.79. The summed E-state index contributed by atoms with van der Waals surface area (Å²) in [5, 5.41) is 11.9. The number of carbonyl (C=O) groups is 2. The predicted molar refractivity (Wildman–Crippen MR) is 84.3 cm³/mol. The molecule has 114 valence electrons. The van der Waals surface area contributed by atoms with Crippen LogP contribution in [-0.4, -0.2) is 39.5 Å². The lowest BCUT2D eigenvalue weighted by Gasteiger charge is -2.18. The van der Waals surface area contributed by atoms with Gasteiger partial charge in [0.15, 0.2) is 0 Å². The van der Waals surface area contributed by atoms with Crippen LogP contribution in [0.1, 0.15) is 23.3 Å². The molecule has 1 aromatic carbocycles. The lowest BCUT2D eigenvalue weighted by Crippen LogP contribution is -2.37. The smallest absolute Gasteiger partial charge is 0.323 e. The molecular formula is C15H13ClN2O3S. The Morgan fingerprint density at radius 3 is 2.82 bits per heavy atom. The fraction of sp³-hybridized carbons (Fsp3) is 0.267. The van der Waals surface area contributed by atoms with E-state index in [1.807, 2.05) is 12.1 Å². The Morgan fingerprint density at radius 2 is 2.18 bits per heavy atom. The second-order valence-corrected chi connectivity index (χ2v) is 6.40. The van der Waals surface area contributed by atoms with Gasteiger partial charge in [-0.3, -0.25) is 9.59 Å². The molecule has 5 nitrogen and oxygen atoms in total. The summed E-state index contributed by atoms with van der Waals surface area (Å²) in [7, 11) is 0. The van der Waals surface area contributed by atoms with E-state index in [1.165, 1.54) is 16.2 Å². The van der Waals surface area contributed by atoms with Gasteiger partial charge < -0.3 is 10.0 Å². The van der Waals surface area contributed by atoms with Gasteiger partial charge in [-0.1, -0.05) is 23.7 Å². The van der Waals surface area contributed by atoms with E-state index in [4.69, 9.17) is 16.7 Å². The van der Waals surface area contributed by atoms with Crippen LogP contribution in [-0.2, 0) is 4.79 Å². The Bertz CT molecular complexity index is 727. The van der Waals surface area contributed by atoms with E-state index in [0.717, 1.165) is 18.4 Å². The SMILES string of the molecule is O=C(O)CN(C(=O)c1csc(-c2cccc(Cl)c2)n1)C1CC1. The zero-order valence-electron chi connectivity index (χ0n) is 11.5. The van der Waals surface area contributed by atoms with Crippen molar-refractivity contribution in [3.05, 3.63) is 40.4 Å². The van der Waals surface area contributed by atoms with Crippen molar-refractivity contribution >= 4 is 34.8 Å². The van der Waals surface area contributed by atoms with Gasteiger partial charge in [0.25, 0.3) is 5.91 Å². The van der Waals surface area contributed by atoms with Crippen molar-refractivity contribution in [3.63, 3.8) is 0 Å². The number of aliphatic carboxylic acids is 1. The third-order valence-corrected chi connectivity index (χ3v) is 4.48. The van der Waals surface area contributed by atoms with Gasteiger partial charge in [0.05, 0.1) is 0 Å². The molecule has 2 aromatic rings. The molecule has 7 heteroatoms. The minimum Gasteiger partial charge on any atom is -0.480 e. The maximum atomic E-state index is 12.5. The second kappa shape index (κ2) is 6.06. The van der Waals surface area contributed by atoms with E-state index in [2.05, 4.69) is 4.98 Å². The third-order valence-electron chi connectivity index (χ3n) is 3.35. The Morgan fingerprint density at radius 1 is 1.41 bits per heavy atom. The molecule has 3 rings (SSSR count). The fourth-order valence-electron chi connectivity index (χ4n) is 2.17. The summed E-state index contributed by atoms with van der Waals surface area (Å²) in [5.41, 5.74) is 1.13. The van der Waals surface area contributed by atoms with Crippen LogP contribution in [0, 0.1) is 0 Å². The maximum absolute atomic E-state index is 12.5. The lowest BCUT2D eigenvalue weighted by molar-refractivity contribution is -0.137.